The number of carbonyl (C=O) groups is 1. The molecule has 10 heteroatoms. The smallest absolute Gasteiger partial charge is 0.271 e. The number of amides is 1. The van der Waals surface area contributed by atoms with Gasteiger partial charge in [0.1, 0.15) is 14.1 Å². The zero-order valence-corrected chi connectivity index (χ0v) is 20.3. The quantitative estimate of drug-likeness (QED) is 0.502. The van der Waals surface area contributed by atoms with Crippen molar-refractivity contribution in [3.63, 3.8) is 0 Å². The number of sulfonamides is 1. The van der Waals surface area contributed by atoms with Gasteiger partial charge in [-0.05, 0) is 56.9 Å². The lowest BCUT2D eigenvalue weighted by Crippen LogP contribution is -2.35. The standard InChI is InChI=1S/C21H22ClN3O3S3/c1-13-16(22)7-6-8-17(13)24-31(27,28)18-11-15(12-29-18)20-23-14(2)19(30-20)21(26)25-9-4-3-5-10-25/h6-8,11-12,24H,3-5,9-10H2,1-2H3. The van der Waals surface area contributed by atoms with Gasteiger partial charge in [-0.2, -0.15) is 0 Å². The summed E-state index contributed by atoms with van der Waals surface area (Å²) in [6.45, 7) is 5.14. The molecule has 1 aromatic carbocycles. The van der Waals surface area contributed by atoms with Gasteiger partial charge in [-0.3, -0.25) is 9.52 Å². The minimum Gasteiger partial charge on any atom is -0.338 e. The molecule has 2 aromatic heterocycles. The molecule has 1 amide bonds. The normalized spacial score (nSPS) is 14.6. The Morgan fingerprint density at radius 2 is 1.94 bits per heavy atom. The molecule has 0 bridgehead atoms. The molecule has 0 spiro atoms. The van der Waals surface area contributed by atoms with Crippen LogP contribution in [0.15, 0.2) is 33.9 Å². The highest BCUT2D eigenvalue weighted by atomic mass is 35.5. The maximum atomic E-state index is 12.9. The summed E-state index contributed by atoms with van der Waals surface area (Å²) >= 11 is 8.54. The summed E-state index contributed by atoms with van der Waals surface area (Å²) in [5, 5.41) is 2.90. The fourth-order valence-corrected chi connectivity index (χ4v) is 7.00. The summed E-state index contributed by atoms with van der Waals surface area (Å²) in [6.07, 6.45) is 3.22. The summed E-state index contributed by atoms with van der Waals surface area (Å²) < 4.78 is 28.5. The van der Waals surface area contributed by atoms with Gasteiger partial charge in [-0.1, -0.05) is 17.7 Å². The first kappa shape index (κ1) is 22.3. The van der Waals surface area contributed by atoms with Gasteiger partial charge in [0.15, 0.2) is 0 Å². The van der Waals surface area contributed by atoms with E-state index < -0.39 is 10.0 Å². The Morgan fingerprint density at radius 3 is 2.68 bits per heavy atom. The number of hydrogen-bond acceptors (Lipinski definition) is 6. The lowest BCUT2D eigenvalue weighted by Gasteiger charge is -2.26. The van der Waals surface area contributed by atoms with Crippen molar-refractivity contribution >= 4 is 55.9 Å². The highest BCUT2D eigenvalue weighted by Crippen LogP contribution is 2.35. The number of thiophene rings is 1. The molecule has 1 aliphatic rings. The van der Waals surface area contributed by atoms with E-state index in [0.29, 0.717) is 37.4 Å². The predicted molar refractivity (Wildman–Crippen MR) is 127 cm³/mol. The lowest BCUT2D eigenvalue weighted by molar-refractivity contribution is 0.0728. The van der Waals surface area contributed by atoms with Crippen molar-refractivity contribution in [1.29, 1.82) is 0 Å². The molecular formula is C21H22ClN3O3S3. The molecule has 3 heterocycles. The highest BCUT2D eigenvalue weighted by molar-refractivity contribution is 7.94. The third-order valence-corrected chi connectivity index (χ3v) is 9.64. The van der Waals surface area contributed by atoms with Crippen LogP contribution < -0.4 is 4.72 Å². The first-order valence-electron chi connectivity index (χ1n) is 9.90. The average molecular weight is 496 g/mol. The Balaban J connectivity index is 1.57. The number of piperidine rings is 1. The van der Waals surface area contributed by atoms with E-state index in [4.69, 9.17) is 11.6 Å². The molecule has 31 heavy (non-hydrogen) atoms. The van der Waals surface area contributed by atoms with Crippen LogP contribution in [-0.4, -0.2) is 37.3 Å². The zero-order chi connectivity index (χ0) is 22.2. The number of hydrogen-bond donors (Lipinski definition) is 1. The van der Waals surface area contributed by atoms with E-state index in [0.717, 1.165) is 43.7 Å². The summed E-state index contributed by atoms with van der Waals surface area (Å²) in [5.74, 6) is 0.0159. The minimum absolute atomic E-state index is 0.0159. The number of thiazole rings is 1. The fraction of sp³-hybridized carbons (Fsp3) is 0.333. The van der Waals surface area contributed by atoms with Gasteiger partial charge in [0.25, 0.3) is 15.9 Å². The van der Waals surface area contributed by atoms with Gasteiger partial charge < -0.3 is 4.90 Å². The van der Waals surface area contributed by atoms with E-state index in [1.807, 2.05) is 11.8 Å². The first-order valence-corrected chi connectivity index (χ1v) is 13.5. The number of anilines is 1. The maximum Gasteiger partial charge on any atom is 0.271 e. The number of benzene rings is 1. The summed E-state index contributed by atoms with van der Waals surface area (Å²) in [7, 11) is -3.76. The molecule has 0 atom stereocenters. The van der Waals surface area contributed by atoms with Crippen LogP contribution in [0.25, 0.3) is 10.6 Å². The van der Waals surface area contributed by atoms with Crippen molar-refractivity contribution in [1.82, 2.24) is 9.88 Å². The topological polar surface area (TPSA) is 79.4 Å². The number of aromatic nitrogens is 1. The Labute approximate surface area is 194 Å². The van der Waals surface area contributed by atoms with E-state index >= 15 is 0 Å². The van der Waals surface area contributed by atoms with Crippen molar-refractivity contribution in [3.05, 3.63) is 50.8 Å². The van der Waals surface area contributed by atoms with Crippen LogP contribution in [0.4, 0.5) is 5.69 Å². The molecule has 6 nitrogen and oxygen atoms in total. The van der Waals surface area contributed by atoms with Crippen LogP contribution in [0.5, 0.6) is 0 Å². The molecule has 3 aromatic rings. The number of halogens is 1. The summed E-state index contributed by atoms with van der Waals surface area (Å²) in [4.78, 5) is 19.9. The van der Waals surface area contributed by atoms with Gasteiger partial charge in [0.2, 0.25) is 0 Å². The van der Waals surface area contributed by atoms with Gasteiger partial charge in [-0.15, -0.1) is 22.7 Å². The highest BCUT2D eigenvalue weighted by Gasteiger charge is 2.25. The van der Waals surface area contributed by atoms with E-state index in [1.54, 1.807) is 36.6 Å². The number of nitrogens with zero attached hydrogens (tertiary/aromatic N) is 2. The molecule has 164 valence electrons. The zero-order valence-electron chi connectivity index (χ0n) is 17.1. The second kappa shape index (κ2) is 8.90. The van der Waals surface area contributed by atoms with E-state index in [-0.39, 0.29) is 10.1 Å². The average Bonchev–Trinajstić information content (AvgIpc) is 3.39. The largest absolute Gasteiger partial charge is 0.338 e. The molecule has 1 N–H and O–H groups in total. The first-order chi connectivity index (χ1) is 14.8. The fourth-order valence-electron chi connectivity index (χ4n) is 3.44. The maximum absolute atomic E-state index is 12.9. The van der Waals surface area contributed by atoms with Crippen LogP contribution in [0.1, 0.15) is 40.2 Å². The summed E-state index contributed by atoms with van der Waals surface area (Å²) in [5.41, 5.74) is 2.49. The number of carbonyl (C=O) groups excluding carboxylic acids is 1. The molecule has 0 unspecified atom stereocenters. The predicted octanol–water partition coefficient (Wildman–Crippen LogP) is 5.57. The molecule has 1 saturated heterocycles. The van der Waals surface area contributed by atoms with Crippen LogP contribution in [0.2, 0.25) is 5.02 Å². The molecule has 1 fully saturated rings. The Bertz CT molecular complexity index is 1230. The van der Waals surface area contributed by atoms with Crippen LogP contribution >= 0.6 is 34.3 Å². The van der Waals surface area contributed by atoms with Crippen molar-refractivity contribution in [2.75, 3.05) is 17.8 Å². The monoisotopic (exact) mass is 495 g/mol. The Kier molecular flexibility index (Phi) is 6.39. The summed E-state index contributed by atoms with van der Waals surface area (Å²) in [6, 6.07) is 6.69. The number of likely N-dealkylation sites (tertiary alicyclic amines) is 1. The molecule has 4 rings (SSSR count). The second-order valence-corrected chi connectivity index (χ2v) is 11.7. The second-order valence-electron chi connectivity index (χ2n) is 7.46. The van der Waals surface area contributed by atoms with Crippen LogP contribution in [-0.2, 0) is 10.0 Å². The van der Waals surface area contributed by atoms with Crippen LogP contribution in [0, 0.1) is 13.8 Å². The van der Waals surface area contributed by atoms with E-state index in [1.165, 1.54) is 11.3 Å². The van der Waals surface area contributed by atoms with Gasteiger partial charge >= 0.3 is 0 Å². The third kappa shape index (κ3) is 4.64. The van der Waals surface area contributed by atoms with E-state index in [9.17, 15) is 13.2 Å². The Hall–Kier alpha value is -1.94. The van der Waals surface area contributed by atoms with E-state index in [2.05, 4.69) is 9.71 Å². The van der Waals surface area contributed by atoms with Gasteiger partial charge in [-0.25, -0.2) is 13.4 Å². The lowest BCUT2D eigenvalue weighted by atomic mass is 10.1. The molecule has 0 saturated carbocycles. The van der Waals surface area contributed by atoms with Crippen molar-refractivity contribution in [3.8, 4) is 10.6 Å². The number of rotatable bonds is 5. The Morgan fingerprint density at radius 1 is 1.19 bits per heavy atom. The molecule has 0 aliphatic carbocycles. The molecular weight excluding hydrogens is 474 g/mol. The molecule has 1 aliphatic heterocycles. The van der Waals surface area contributed by atoms with Gasteiger partial charge in [0.05, 0.1) is 11.4 Å². The number of aryl methyl sites for hydroxylation is 1. The minimum atomic E-state index is -3.76. The number of nitrogens with one attached hydrogen (secondary N) is 1. The molecule has 0 radical (unpaired) electrons. The van der Waals surface area contributed by atoms with Crippen molar-refractivity contribution < 1.29 is 13.2 Å². The van der Waals surface area contributed by atoms with Gasteiger partial charge in [0, 0.05) is 29.1 Å². The van der Waals surface area contributed by atoms with Crippen LogP contribution in [0.3, 0.4) is 0 Å². The third-order valence-electron chi connectivity index (χ3n) is 5.23. The van der Waals surface area contributed by atoms with Crippen molar-refractivity contribution in [2.24, 2.45) is 0 Å². The van der Waals surface area contributed by atoms with Crippen molar-refractivity contribution in [2.45, 2.75) is 37.3 Å². The SMILES string of the molecule is Cc1nc(-c2csc(S(=O)(=O)Nc3cccc(Cl)c3C)c2)sc1C(=O)N1CCCCC1.